The average Bonchev–Trinajstić information content (AvgIpc) is 3.33. The predicted octanol–water partition coefficient (Wildman–Crippen LogP) is 2.45. The zero-order valence-corrected chi connectivity index (χ0v) is 18.0. The maximum atomic E-state index is 12.6. The molecule has 1 amide bonds. The zero-order valence-electron chi connectivity index (χ0n) is 16.3. The summed E-state index contributed by atoms with van der Waals surface area (Å²) in [5, 5.41) is 2.95. The number of thiophene rings is 1. The van der Waals surface area contributed by atoms with Gasteiger partial charge in [0.05, 0.1) is 6.42 Å². The van der Waals surface area contributed by atoms with E-state index in [1.807, 2.05) is 32.3 Å². The minimum atomic E-state index is -3.41. The number of hydrogen-bond donors (Lipinski definition) is 1. The molecule has 0 atom stereocenters. The third-order valence-electron chi connectivity index (χ3n) is 4.71. The number of rotatable bonds is 8. The Morgan fingerprint density at radius 1 is 1.11 bits per heavy atom. The number of amides is 1. The van der Waals surface area contributed by atoms with Crippen LogP contribution in [0.4, 0.5) is 0 Å². The molecule has 0 saturated carbocycles. The fourth-order valence-electron chi connectivity index (χ4n) is 3.29. The van der Waals surface area contributed by atoms with Crippen LogP contribution in [-0.4, -0.2) is 50.7 Å². The Bertz CT molecular complexity index is 916. The molecular formula is C20H27N3O3S2. The zero-order chi connectivity index (χ0) is 20.1. The summed E-state index contributed by atoms with van der Waals surface area (Å²) in [6.07, 6.45) is 2.01. The fourth-order valence-corrected chi connectivity index (χ4v) is 6.31. The molecule has 8 heteroatoms. The molecule has 2 aromatic rings. The van der Waals surface area contributed by atoms with Crippen LogP contribution < -0.4 is 5.32 Å². The van der Waals surface area contributed by atoms with Crippen LogP contribution in [0, 0.1) is 0 Å². The maximum Gasteiger partial charge on any atom is 0.252 e. The van der Waals surface area contributed by atoms with Gasteiger partial charge in [0.15, 0.2) is 0 Å². The van der Waals surface area contributed by atoms with Gasteiger partial charge >= 0.3 is 0 Å². The second-order valence-corrected chi connectivity index (χ2v) is 10.6. The number of carbonyl (C=O) groups excluding carboxylic acids is 1. The first-order valence-electron chi connectivity index (χ1n) is 9.43. The first kappa shape index (κ1) is 21.0. The predicted molar refractivity (Wildman–Crippen MR) is 112 cm³/mol. The number of nitrogens with one attached hydrogen (secondary N) is 1. The molecule has 2 heterocycles. The summed E-state index contributed by atoms with van der Waals surface area (Å²) in [4.78, 5) is 15.2. The molecule has 0 spiro atoms. The Hall–Kier alpha value is -1.74. The van der Waals surface area contributed by atoms with Crippen molar-refractivity contribution in [1.82, 2.24) is 14.5 Å². The van der Waals surface area contributed by atoms with Crippen molar-refractivity contribution in [3.05, 3.63) is 52.4 Å². The summed E-state index contributed by atoms with van der Waals surface area (Å²) in [7, 11) is 0.617. The van der Waals surface area contributed by atoms with Crippen molar-refractivity contribution in [2.45, 2.75) is 36.6 Å². The van der Waals surface area contributed by atoms with E-state index < -0.39 is 10.0 Å². The highest BCUT2D eigenvalue weighted by Crippen LogP contribution is 2.27. The summed E-state index contributed by atoms with van der Waals surface area (Å²) in [5.41, 5.74) is 2.27. The van der Waals surface area contributed by atoms with E-state index in [2.05, 4.69) is 16.3 Å². The van der Waals surface area contributed by atoms with Gasteiger partial charge in [-0.05, 0) is 50.2 Å². The Kier molecular flexibility index (Phi) is 6.87. The van der Waals surface area contributed by atoms with Crippen LogP contribution in [0.2, 0.25) is 0 Å². The molecule has 1 aromatic heterocycles. The van der Waals surface area contributed by atoms with Crippen molar-refractivity contribution >= 4 is 27.3 Å². The van der Waals surface area contributed by atoms with Crippen molar-refractivity contribution in [3.8, 4) is 0 Å². The molecule has 1 saturated heterocycles. The molecule has 0 unspecified atom stereocenters. The topological polar surface area (TPSA) is 69.7 Å². The van der Waals surface area contributed by atoms with Crippen molar-refractivity contribution < 1.29 is 13.2 Å². The van der Waals surface area contributed by atoms with Gasteiger partial charge in [-0.1, -0.05) is 24.3 Å². The van der Waals surface area contributed by atoms with Crippen molar-refractivity contribution in [1.29, 1.82) is 0 Å². The van der Waals surface area contributed by atoms with E-state index in [9.17, 15) is 13.2 Å². The van der Waals surface area contributed by atoms with Gasteiger partial charge in [0.25, 0.3) is 10.0 Å². The lowest BCUT2D eigenvalue weighted by Crippen LogP contribution is -2.27. The molecule has 1 N–H and O–H groups in total. The summed E-state index contributed by atoms with van der Waals surface area (Å²) in [6.45, 7) is 2.45. The highest BCUT2D eigenvalue weighted by Gasteiger charge is 2.28. The van der Waals surface area contributed by atoms with Crippen LogP contribution >= 0.6 is 11.3 Å². The molecule has 0 radical (unpaired) electrons. The van der Waals surface area contributed by atoms with E-state index in [-0.39, 0.29) is 12.3 Å². The molecule has 152 valence electrons. The summed E-state index contributed by atoms with van der Waals surface area (Å²) >= 11 is 1.19. The van der Waals surface area contributed by atoms with Crippen molar-refractivity contribution in [2.24, 2.45) is 0 Å². The van der Waals surface area contributed by atoms with Crippen LogP contribution in [0.15, 0.2) is 40.6 Å². The lowest BCUT2D eigenvalue weighted by molar-refractivity contribution is -0.120. The van der Waals surface area contributed by atoms with E-state index in [1.165, 1.54) is 21.2 Å². The Balaban J connectivity index is 1.58. The second-order valence-electron chi connectivity index (χ2n) is 7.29. The number of benzene rings is 1. The summed E-state index contributed by atoms with van der Waals surface area (Å²) in [5.74, 6) is -0.105. The van der Waals surface area contributed by atoms with Crippen molar-refractivity contribution in [3.63, 3.8) is 0 Å². The monoisotopic (exact) mass is 421 g/mol. The molecule has 1 aromatic carbocycles. The molecule has 0 bridgehead atoms. The molecule has 0 aliphatic carbocycles. The normalized spacial score (nSPS) is 15.2. The third-order valence-corrected chi connectivity index (χ3v) is 8.16. The minimum Gasteiger partial charge on any atom is -0.352 e. The van der Waals surface area contributed by atoms with E-state index in [4.69, 9.17) is 0 Å². The van der Waals surface area contributed by atoms with E-state index >= 15 is 0 Å². The lowest BCUT2D eigenvalue weighted by atomic mass is 10.1. The number of carbonyl (C=O) groups is 1. The van der Waals surface area contributed by atoms with Crippen LogP contribution in [0.5, 0.6) is 0 Å². The lowest BCUT2D eigenvalue weighted by Gasteiger charge is -2.14. The third kappa shape index (κ3) is 5.20. The van der Waals surface area contributed by atoms with Gasteiger partial charge in [0.2, 0.25) is 5.91 Å². The minimum absolute atomic E-state index is 0.105. The van der Waals surface area contributed by atoms with Crippen LogP contribution in [0.25, 0.3) is 0 Å². The molecule has 6 nitrogen and oxygen atoms in total. The number of sulfonamides is 1. The molecule has 1 fully saturated rings. The maximum absolute atomic E-state index is 12.6. The van der Waals surface area contributed by atoms with Gasteiger partial charge in [0.1, 0.15) is 4.21 Å². The van der Waals surface area contributed by atoms with Gasteiger partial charge in [-0.15, -0.1) is 11.3 Å². The van der Waals surface area contributed by atoms with Gasteiger partial charge < -0.3 is 10.2 Å². The molecule has 3 rings (SSSR count). The van der Waals surface area contributed by atoms with Crippen LogP contribution in [-0.2, 0) is 34.3 Å². The highest BCUT2D eigenvalue weighted by atomic mass is 32.2. The average molecular weight is 422 g/mol. The first-order chi connectivity index (χ1) is 13.4. The molecule has 28 heavy (non-hydrogen) atoms. The SMILES string of the molecule is CN(C)Cc1ccccc1CNC(=O)Cc1ccc(S(=O)(=O)N2CCCC2)s1. The van der Waals surface area contributed by atoms with E-state index in [0.29, 0.717) is 23.8 Å². The second kappa shape index (κ2) is 9.17. The van der Waals surface area contributed by atoms with Gasteiger partial charge in [0, 0.05) is 31.1 Å². The fraction of sp³-hybridized carbons (Fsp3) is 0.450. The molecule has 1 aliphatic heterocycles. The van der Waals surface area contributed by atoms with Crippen molar-refractivity contribution in [2.75, 3.05) is 27.2 Å². The highest BCUT2D eigenvalue weighted by molar-refractivity contribution is 7.91. The smallest absolute Gasteiger partial charge is 0.252 e. The Morgan fingerprint density at radius 2 is 1.79 bits per heavy atom. The summed E-state index contributed by atoms with van der Waals surface area (Å²) < 4.78 is 27.1. The van der Waals surface area contributed by atoms with Crippen LogP contribution in [0.3, 0.4) is 0 Å². The Labute approximate surface area is 171 Å². The van der Waals surface area contributed by atoms with Gasteiger partial charge in [-0.2, -0.15) is 4.31 Å². The largest absolute Gasteiger partial charge is 0.352 e. The first-order valence-corrected chi connectivity index (χ1v) is 11.7. The number of nitrogens with zero attached hydrogens (tertiary/aromatic N) is 2. The quantitative estimate of drug-likeness (QED) is 0.711. The number of hydrogen-bond acceptors (Lipinski definition) is 5. The van der Waals surface area contributed by atoms with E-state index in [1.54, 1.807) is 12.1 Å². The van der Waals surface area contributed by atoms with Gasteiger partial charge in [-0.25, -0.2) is 8.42 Å². The standard InChI is InChI=1S/C20H27N3O3S2/c1-22(2)15-17-8-4-3-7-16(17)14-21-19(24)13-18-9-10-20(27-18)28(25,26)23-11-5-6-12-23/h3-4,7-10H,5-6,11-15H2,1-2H3,(H,21,24). The summed E-state index contributed by atoms with van der Waals surface area (Å²) in [6, 6.07) is 11.4. The molecule has 1 aliphatic rings. The Morgan fingerprint density at radius 3 is 2.46 bits per heavy atom. The van der Waals surface area contributed by atoms with Crippen LogP contribution in [0.1, 0.15) is 28.8 Å². The van der Waals surface area contributed by atoms with E-state index in [0.717, 1.165) is 29.8 Å². The molecular weight excluding hydrogens is 394 g/mol. The van der Waals surface area contributed by atoms with Gasteiger partial charge in [-0.3, -0.25) is 4.79 Å².